The van der Waals surface area contributed by atoms with Gasteiger partial charge in [-0.3, -0.25) is 0 Å². The Morgan fingerprint density at radius 3 is 3.13 bits per heavy atom. The molecule has 0 amide bonds. The molecular weight excluding hydrogens is 310 g/mol. The number of nitrogen functional groups attached to an aromatic ring is 1. The van der Waals surface area contributed by atoms with Crippen LogP contribution in [0.2, 0.25) is 0 Å². The van der Waals surface area contributed by atoms with Crippen LogP contribution in [0.1, 0.15) is 6.99 Å². The van der Waals surface area contributed by atoms with E-state index in [0.717, 1.165) is 5.82 Å². The quantitative estimate of drug-likeness (QED) is 0.599. The van der Waals surface area contributed by atoms with Gasteiger partial charge >= 0.3 is 0 Å². The summed E-state index contributed by atoms with van der Waals surface area (Å²) in [6.45, 7) is 0.711. The van der Waals surface area contributed by atoms with Crippen molar-refractivity contribution in [1.29, 1.82) is 0 Å². The first-order chi connectivity index (χ1) is 11.3. The van der Waals surface area contributed by atoms with Crippen LogP contribution >= 0.6 is 11.3 Å². The highest BCUT2D eigenvalue weighted by molar-refractivity contribution is 7.07. The molecule has 0 unspecified atom stereocenters. The minimum Gasteiger partial charge on any atom is -0.382 e. The van der Waals surface area contributed by atoms with Crippen LogP contribution in [0, 0.1) is 0 Å². The summed E-state index contributed by atoms with van der Waals surface area (Å²) in [6, 6.07) is 5.73. The molecule has 3 N–H and O–H groups in total. The summed E-state index contributed by atoms with van der Waals surface area (Å²) in [7, 11) is 0. The van der Waals surface area contributed by atoms with E-state index in [4.69, 9.17) is 5.73 Å². The van der Waals surface area contributed by atoms with Gasteiger partial charge in [-0.05, 0) is 28.5 Å². The summed E-state index contributed by atoms with van der Waals surface area (Å²) in [4.78, 5) is 12.9. The van der Waals surface area contributed by atoms with Gasteiger partial charge in [-0.25, -0.2) is 19.5 Å². The Morgan fingerprint density at radius 2 is 2.26 bits per heavy atom. The van der Waals surface area contributed by atoms with E-state index >= 15 is 0 Å². The summed E-state index contributed by atoms with van der Waals surface area (Å²) in [5, 5.41) is 11.7. The zero-order valence-corrected chi connectivity index (χ0v) is 12.9. The van der Waals surface area contributed by atoms with E-state index in [2.05, 4.69) is 36.8 Å². The smallest absolute Gasteiger partial charge is 0.166 e. The molecule has 8 heteroatoms. The molecule has 0 aliphatic carbocycles. The number of rotatable bonds is 4. The van der Waals surface area contributed by atoms with Crippen LogP contribution in [0.5, 0.6) is 0 Å². The molecule has 4 heterocycles. The maximum absolute atomic E-state index is 6.04. The largest absolute Gasteiger partial charge is 0.382 e. The SMILES string of the molecule is Nc1nn2cccnc2c1-c1cc(NCc2ccsc2)ncn1.[HH]. The molecule has 0 bridgehead atoms. The third kappa shape index (κ3) is 2.59. The standard InChI is InChI=1S/C15H13N7S.H2/c16-14-13(15-17-3-1-4-22(15)21-14)11-6-12(20-9-19-11)18-7-10-2-5-23-8-10;/h1-6,8-9H,7H2,(H2,16,21)(H,18,19,20);1H. The number of fused-ring (bicyclic) bond motifs is 1. The van der Waals surface area contributed by atoms with E-state index in [1.807, 2.05) is 11.4 Å². The predicted molar refractivity (Wildman–Crippen MR) is 92.2 cm³/mol. The third-order valence-corrected chi connectivity index (χ3v) is 4.13. The van der Waals surface area contributed by atoms with Crippen molar-refractivity contribution in [3.05, 3.63) is 53.2 Å². The number of hydrogen-bond donors (Lipinski definition) is 2. The monoisotopic (exact) mass is 325 g/mol. The fourth-order valence-electron chi connectivity index (χ4n) is 2.33. The molecule has 0 aliphatic heterocycles. The van der Waals surface area contributed by atoms with Crippen LogP contribution in [0.4, 0.5) is 11.6 Å². The number of aromatic nitrogens is 5. The van der Waals surface area contributed by atoms with Crippen molar-refractivity contribution in [1.82, 2.24) is 24.6 Å². The molecule has 0 aromatic carbocycles. The Labute approximate surface area is 137 Å². The van der Waals surface area contributed by atoms with Gasteiger partial charge in [0.25, 0.3) is 0 Å². The van der Waals surface area contributed by atoms with Crippen molar-refractivity contribution in [2.75, 3.05) is 11.1 Å². The Morgan fingerprint density at radius 1 is 1.30 bits per heavy atom. The second kappa shape index (κ2) is 5.65. The molecule has 4 rings (SSSR count). The summed E-state index contributed by atoms with van der Waals surface area (Å²) in [6.07, 6.45) is 5.02. The van der Waals surface area contributed by atoms with E-state index in [-0.39, 0.29) is 1.43 Å². The summed E-state index contributed by atoms with van der Waals surface area (Å²) in [5.41, 5.74) is 9.33. The lowest BCUT2D eigenvalue weighted by Gasteiger charge is -2.05. The minimum atomic E-state index is 0. The van der Waals surface area contributed by atoms with E-state index < -0.39 is 0 Å². The lowest BCUT2D eigenvalue weighted by atomic mass is 10.2. The fourth-order valence-corrected chi connectivity index (χ4v) is 2.99. The zero-order chi connectivity index (χ0) is 15.6. The highest BCUT2D eigenvalue weighted by atomic mass is 32.1. The number of nitrogens with one attached hydrogen (secondary N) is 1. The molecule has 116 valence electrons. The van der Waals surface area contributed by atoms with Gasteiger partial charge in [0.1, 0.15) is 12.1 Å². The fraction of sp³-hybridized carbons (Fsp3) is 0.0667. The molecule has 0 fully saturated rings. The van der Waals surface area contributed by atoms with Crippen molar-refractivity contribution in [2.24, 2.45) is 0 Å². The Kier molecular flexibility index (Phi) is 3.35. The molecule has 4 aromatic rings. The zero-order valence-electron chi connectivity index (χ0n) is 12.0. The Bertz CT molecular complexity index is 952. The van der Waals surface area contributed by atoms with Gasteiger partial charge in [0.2, 0.25) is 0 Å². The van der Waals surface area contributed by atoms with Gasteiger partial charge in [-0.1, -0.05) is 0 Å². The van der Waals surface area contributed by atoms with Crippen molar-refractivity contribution >= 4 is 28.6 Å². The average Bonchev–Trinajstić information content (AvgIpc) is 3.19. The lowest BCUT2D eigenvalue weighted by molar-refractivity contribution is 0.945. The summed E-state index contributed by atoms with van der Waals surface area (Å²) >= 11 is 1.67. The Balaban J connectivity index is 0.00000169. The van der Waals surface area contributed by atoms with E-state index in [1.54, 1.807) is 34.3 Å². The molecular formula is C15H15N7S. The molecule has 0 atom stereocenters. The molecule has 0 aliphatic rings. The van der Waals surface area contributed by atoms with Crippen molar-refractivity contribution in [3.63, 3.8) is 0 Å². The van der Waals surface area contributed by atoms with Crippen LogP contribution in [-0.4, -0.2) is 24.6 Å². The van der Waals surface area contributed by atoms with Gasteiger partial charge in [-0.15, -0.1) is 5.10 Å². The molecule has 7 nitrogen and oxygen atoms in total. The van der Waals surface area contributed by atoms with Crippen LogP contribution in [0.3, 0.4) is 0 Å². The maximum atomic E-state index is 6.04. The molecule has 4 aromatic heterocycles. The van der Waals surface area contributed by atoms with E-state index in [1.165, 1.54) is 11.9 Å². The van der Waals surface area contributed by atoms with Gasteiger partial charge in [0.05, 0.1) is 11.3 Å². The average molecular weight is 325 g/mol. The van der Waals surface area contributed by atoms with Crippen molar-refractivity contribution in [2.45, 2.75) is 6.54 Å². The van der Waals surface area contributed by atoms with Gasteiger partial charge < -0.3 is 11.1 Å². The predicted octanol–water partition coefficient (Wildman–Crippen LogP) is 2.69. The van der Waals surface area contributed by atoms with E-state index in [0.29, 0.717) is 29.3 Å². The molecule has 0 radical (unpaired) electrons. The lowest BCUT2D eigenvalue weighted by Crippen LogP contribution is -2.01. The summed E-state index contributed by atoms with van der Waals surface area (Å²) in [5.74, 6) is 1.13. The molecule has 0 saturated heterocycles. The molecule has 0 saturated carbocycles. The topological polar surface area (TPSA) is 94.0 Å². The highest BCUT2D eigenvalue weighted by Crippen LogP contribution is 2.28. The maximum Gasteiger partial charge on any atom is 0.166 e. The minimum absolute atomic E-state index is 0. The molecule has 23 heavy (non-hydrogen) atoms. The van der Waals surface area contributed by atoms with Gasteiger partial charge in [0.15, 0.2) is 11.5 Å². The van der Waals surface area contributed by atoms with Crippen LogP contribution in [0.25, 0.3) is 16.9 Å². The van der Waals surface area contributed by atoms with Crippen LogP contribution < -0.4 is 11.1 Å². The Hall–Kier alpha value is -3.00. The first kappa shape index (κ1) is 13.6. The van der Waals surface area contributed by atoms with Crippen molar-refractivity contribution < 1.29 is 1.43 Å². The number of hydrogen-bond acceptors (Lipinski definition) is 7. The summed E-state index contributed by atoms with van der Waals surface area (Å²) < 4.78 is 1.64. The highest BCUT2D eigenvalue weighted by Gasteiger charge is 2.15. The van der Waals surface area contributed by atoms with Crippen LogP contribution in [0.15, 0.2) is 47.7 Å². The second-order valence-corrected chi connectivity index (χ2v) is 5.70. The number of anilines is 2. The molecule has 0 spiro atoms. The van der Waals surface area contributed by atoms with Gasteiger partial charge in [-0.2, -0.15) is 11.3 Å². The second-order valence-electron chi connectivity index (χ2n) is 4.92. The normalized spacial score (nSPS) is 11.0. The van der Waals surface area contributed by atoms with Crippen molar-refractivity contribution in [3.8, 4) is 11.3 Å². The number of nitrogens with two attached hydrogens (primary N) is 1. The number of thiophene rings is 1. The van der Waals surface area contributed by atoms with Crippen LogP contribution in [-0.2, 0) is 6.54 Å². The third-order valence-electron chi connectivity index (χ3n) is 3.40. The first-order valence-electron chi connectivity index (χ1n) is 6.97. The number of nitrogens with zero attached hydrogens (tertiary/aromatic N) is 5. The van der Waals surface area contributed by atoms with Gasteiger partial charge in [0, 0.05) is 26.4 Å². The first-order valence-corrected chi connectivity index (χ1v) is 7.92. The van der Waals surface area contributed by atoms with E-state index in [9.17, 15) is 0 Å².